The van der Waals surface area contributed by atoms with Crippen LogP contribution < -0.4 is 11.1 Å². The van der Waals surface area contributed by atoms with E-state index in [0.29, 0.717) is 5.92 Å². The molecule has 3 N–H and O–H groups in total. The number of rotatable bonds is 4. The van der Waals surface area contributed by atoms with Crippen molar-refractivity contribution in [1.29, 1.82) is 0 Å². The molecule has 16 heavy (non-hydrogen) atoms. The highest BCUT2D eigenvalue weighted by atomic mass is 16.1. The minimum absolute atomic E-state index is 0.0646. The van der Waals surface area contributed by atoms with E-state index in [1.54, 1.807) is 0 Å². The quantitative estimate of drug-likeness (QED) is 0.769. The van der Waals surface area contributed by atoms with Crippen LogP contribution in [0.1, 0.15) is 46.5 Å². The maximum Gasteiger partial charge on any atom is 0.224 e. The summed E-state index contributed by atoms with van der Waals surface area (Å²) in [5.74, 6) is 1.52. The second kappa shape index (κ2) is 6.24. The summed E-state index contributed by atoms with van der Waals surface area (Å²) in [5, 5.41) is 3.04. The first-order valence-electron chi connectivity index (χ1n) is 6.54. The van der Waals surface area contributed by atoms with Gasteiger partial charge in [-0.15, -0.1) is 0 Å². The number of hydrogen-bond donors (Lipinski definition) is 2. The van der Waals surface area contributed by atoms with Gasteiger partial charge in [0.25, 0.3) is 0 Å². The Bertz CT molecular complexity index is 228. The van der Waals surface area contributed by atoms with Gasteiger partial charge in [-0.05, 0) is 31.6 Å². The van der Waals surface area contributed by atoms with Gasteiger partial charge in [-0.2, -0.15) is 0 Å². The first-order valence-corrected chi connectivity index (χ1v) is 6.54. The zero-order valence-corrected chi connectivity index (χ0v) is 10.8. The third kappa shape index (κ3) is 4.12. The smallest absolute Gasteiger partial charge is 0.224 e. The van der Waals surface area contributed by atoms with E-state index >= 15 is 0 Å². The average molecular weight is 226 g/mol. The van der Waals surface area contributed by atoms with Gasteiger partial charge in [0.15, 0.2) is 0 Å². The van der Waals surface area contributed by atoms with Gasteiger partial charge in [0.1, 0.15) is 0 Å². The fourth-order valence-electron chi connectivity index (χ4n) is 2.39. The molecular formula is C13H26N2O. The zero-order valence-electron chi connectivity index (χ0n) is 10.8. The number of carbonyl (C=O) groups is 1. The van der Waals surface area contributed by atoms with Gasteiger partial charge in [0.05, 0.1) is 0 Å². The van der Waals surface area contributed by atoms with Crippen molar-refractivity contribution in [3.63, 3.8) is 0 Å². The van der Waals surface area contributed by atoms with E-state index < -0.39 is 0 Å². The van der Waals surface area contributed by atoms with Gasteiger partial charge in [0, 0.05) is 18.5 Å². The van der Waals surface area contributed by atoms with E-state index in [2.05, 4.69) is 12.2 Å². The average Bonchev–Trinajstić information content (AvgIpc) is 2.24. The Hall–Kier alpha value is -0.570. The Morgan fingerprint density at radius 2 is 2.12 bits per heavy atom. The Morgan fingerprint density at radius 1 is 1.44 bits per heavy atom. The van der Waals surface area contributed by atoms with Crippen LogP contribution in [0.5, 0.6) is 0 Å². The molecule has 94 valence electrons. The fraction of sp³-hybridized carbons (Fsp3) is 0.923. The number of carbonyl (C=O) groups excluding carboxylic acids is 1. The van der Waals surface area contributed by atoms with Crippen molar-refractivity contribution in [2.24, 2.45) is 23.5 Å². The molecule has 4 unspecified atom stereocenters. The highest BCUT2D eigenvalue weighted by molar-refractivity contribution is 5.78. The van der Waals surface area contributed by atoms with Gasteiger partial charge in [-0.1, -0.05) is 26.7 Å². The molecule has 1 rings (SSSR count). The van der Waals surface area contributed by atoms with Crippen LogP contribution in [0.2, 0.25) is 0 Å². The predicted octanol–water partition coefficient (Wildman–Crippen LogP) is 1.91. The van der Waals surface area contributed by atoms with E-state index in [9.17, 15) is 4.79 Å². The van der Waals surface area contributed by atoms with Gasteiger partial charge < -0.3 is 11.1 Å². The molecule has 1 aliphatic rings. The van der Waals surface area contributed by atoms with Crippen LogP contribution in [0.25, 0.3) is 0 Å². The van der Waals surface area contributed by atoms with E-state index in [4.69, 9.17) is 5.73 Å². The van der Waals surface area contributed by atoms with Crippen LogP contribution in [0.15, 0.2) is 0 Å². The van der Waals surface area contributed by atoms with E-state index in [1.165, 1.54) is 25.7 Å². The number of amides is 1. The molecule has 0 bridgehead atoms. The summed E-state index contributed by atoms with van der Waals surface area (Å²) in [5.41, 5.74) is 5.71. The molecule has 1 fully saturated rings. The van der Waals surface area contributed by atoms with Gasteiger partial charge in [0.2, 0.25) is 5.91 Å². The molecule has 0 spiro atoms. The van der Waals surface area contributed by atoms with Crippen LogP contribution >= 0.6 is 0 Å². The maximum atomic E-state index is 11.7. The summed E-state index contributed by atoms with van der Waals surface area (Å²) in [6.45, 7) is 6.91. The van der Waals surface area contributed by atoms with Crippen LogP contribution in [-0.4, -0.2) is 18.5 Å². The summed E-state index contributed by atoms with van der Waals surface area (Å²) in [6.07, 6.45) is 5.18. The van der Waals surface area contributed by atoms with Gasteiger partial charge in [-0.25, -0.2) is 0 Å². The Kier molecular flexibility index (Phi) is 5.26. The molecule has 0 saturated heterocycles. The van der Waals surface area contributed by atoms with E-state index in [0.717, 1.165) is 12.5 Å². The SMILES string of the molecule is CC1CCCC(CNC(=O)C(C)C(C)N)C1. The molecule has 3 heteroatoms. The Labute approximate surface area is 99.2 Å². The summed E-state index contributed by atoms with van der Waals surface area (Å²) in [6, 6.07) is -0.0646. The first-order chi connectivity index (χ1) is 7.50. The summed E-state index contributed by atoms with van der Waals surface area (Å²) in [4.78, 5) is 11.7. The van der Waals surface area contributed by atoms with Crippen LogP contribution in [0.4, 0.5) is 0 Å². The maximum absolute atomic E-state index is 11.7. The molecule has 4 atom stereocenters. The van der Waals surface area contributed by atoms with Crippen molar-refractivity contribution in [1.82, 2.24) is 5.32 Å². The lowest BCUT2D eigenvalue weighted by Crippen LogP contribution is -2.40. The fourth-order valence-corrected chi connectivity index (χ4v) is 2.39. The van der Waals surface area contributed by atoms with Crippen molar-refractivity contribution >= 4 is 5.91 Å². The molecule has 1 aliphatic carbocycles. The molecule has 0 aromatic carbocycles. The van der Waals surface area contributed by atoms with Gasteiger partial charge in [-0.3, -0.25) is 4.79 Å². The molecule has 3 nitrogen and oxygen atoms in total. The summed E-state index contributed by atoms with van der Waals surface area (Å²) < 4.78 is 0. The standard InChI is InChI=1S/C13H26N2O/c1-9-5-4-6-12(7-9)8-15-13(16)10(2)11(3)14/h9-12H,4-8,14H2,1-3H3,(H,15,16). The number of nitrogens with two attached hydrogens (primary N) is 1. The van der Waals surface area contributed by atoms with Crippen molar-refractivity contribution in [2.75, 3.05) is 6.54 Å². The third-order valence-corrected chi connectivity index (χ3v) is 3.81. The zero-order chi connectivity index (χ0) is 12.1. The first kappa shape index (κ1) is 13.5. The lowest BCUT2D eigenvalue weighted by Gasteiger charge is -2.27. The van der Waals surface area contributed by atoms with Crippen molar-refractivity contribution in [3.8, 4) is 0 Å². The molecular weight excluding hydrogens is 200 g/mol. The van der Waals surface area contributed by atoms with E-state index in [1.807, 2.05) is 13.8 Å². The minimum Gasteiger partial charge on any atom is -0.356 e. The minimum atomic E-state index is -0.0824. The lowest BCUT2D eigenvalue weighted by atomic mass is 9.82. The van der Waals surface area contributed by atoms with Crippen LogP contribution in [-0.2, 0) is 4.79 Å². The van der Waals surface area contributed by atoms with Gasteiger partial charge >= 0.3 is 0 Å². The number of nitrogens with one attached hydrogen (secondary N) is 1. The summed E-state index contributed by atoms with van der Waals surface area (Å²) in [7, 11) is 0. The number of hydrogen-bond acceptors (Lipinski definition) is 2. The van der Waals surface area contributed by atoms with E-state index in [-0.39, 0.29) is 17.9 Å². The molecule has 1 amide bonds. The second-order valence-electron chi connectivity index (χ2n) is 5.53. The topological polar surface area (TPSA) is 55.1 Å². The van der Waals surface area contributed by atoms with Crippen LogP contribution in [0.3, 0.4) is 0 Å². The highest BCUT2D eigenvalue weighted by Gasteiger charge is 2.21. The lowest BCUT2D eigenvalue weighted by molar-refractivity contribution is -0.125. The molecule has 0 heterocycles. The predicted molar refractivity (Wildman–Crippen MR) is 66.9 cm³/mol. The highest BCUT2D eigenvalue weighted by Crippen LogP contribution is 2.27. The molecule has 0 aromatic heterocycles. The normalized spacial score (nSPS) is 29.5. The molecule has 0 aliphatic heterocycles. The second-order valence-corrected chi connectivity index (χ2v) is 5.53. The Balaban J connectivity index is 2.25. The molecule has 0 aromatic rings. The molecule has 1 saturated carbocycles. The Morgan fingerprint density at radius 3 is 2.69 bits per heavy atom. The largest absolute Gasteiger partial charge is 0.356 e. The van der Waals surface area contributed by atoms with Crippen molar-refractivity contribution < 1.29 is 4.79 Å². The van der Waals surface area contributed by atoms with Crippen molar-refractivity contribution in [2.45, 2.75) is 52.5 Å². The van der Waals surface area contributed by atoms with Crippen LogP contribution in [0, 0.1) is 17.8 Å². The van der Waals surface area contributed by atoms with Crippen molar-refractivity contribution in [3.05, 3.63) is 0 Å². The summed E-state index contributed by atoms with van der Waals surface area (Å²) >= 11 is 0. The third-order valence-electron chi connectivity index (χ3n) is 3.81. The molecule has 0 radical (unpaired) electrons. The monoisotopic (exact) mass is 226 g/mol.